The molecule has 0 saturated heterocycles. The van der Waals surface area contributed by atoms with E-state index in [2.05, 4.69) is 0 Å². The van der Waals surface area contributed by atoms with Crippen LogP contribution in [0.4, 0.5) is 0 Å². The number of carbonyl (C=O) groups is 1. The lowest BCUT2D eigenvalue weighted by Gasteiger charge is -2.22. The number of carbonyl (C=O) groups excluding carboxylic acids is 1. The van der Waals surface area contributed by atoms with E-state index in [0.717, 1.165) is 22.3 Å². The Morgan fingerprint density at radius 1 is 0.941 bits per heavy atom. The van der Waals surface area contributed by atoms with E-state index in [1.165, 1.54) is 0 Å². The van der Waals surface area contributed by atoms with Crippen LogP contribution in [-0.2, 0) is 10.2 Å². The standard InChI is InChI=1S/C15H11ClO/c1-15(14(16)17)12-8-4-2-6-10(12)11-7-3-5-9-13(11)15/h2-9H,1H3. The van der Waals surface area contributed by atoms with E-state index >= 15 is 0 Å². The summed E-state index contributed by atoms with van der Waals surface area (Å²) >= 11 is 5.84. The molecule has 2 aromatic rings. The van der Waals surface area contributed by atoms with Crippen molar-refractivity contribution in [3.63, 3.8) is 0 Å². The Balaban J connectivity index is 2.43. The van der Waals surface area contributed by atoms with Crippen LogP contribution in [0.15, 0.2) is 48.5 Å². The lowest BCUT2D eigenvalue weighted by Crippen LogP contribution is -2.27. The van der Waals surface area contributed by atoms with Gasteiger partial charge in [0, 0.05) is 0 Å². The van der Waals surface area contributed by atoms with E-state index in [4.69, 9.17) is 11.6 Å². The highest BCUT2D eigenvalue weighted by atomic mass is 35.5. The zero-order valence-electron chi connectivity index (χ0n) is 9.41. The molecule has 1 aliphatic carbocycles. The Morgan fingerprint density at radius 2 is 1.35 bits per heavy atom. The first-order valence-corrected chi connectivity index (χ1v) is 5.93. The van der Waals surface area contributed by atoms with Crippen LogP contribution >= 0.6 is 11.6 Å². The molecule has 0 heterocycles. The van der Waals surface area contributed by atoms with Crippen molar-refractivity contribution < 1.29 is 4.79 Å². The van der Waals surface area contributed by atoms with Gasteiger partial charge in [-0.05, 0) is 40.8 Å². The first kappa shape index (κ1) is 10.5. The van der Waals surface area contributed by atoms with Crippen LogP contribution < -0.4 is 0 Å². The number of hydrogen-bond acceptors (Lipinski definition) is 1. The van der Waals surface area contributed by atoms with Crippen LogP contribution in [-0.4, -0.2) is 5.24 Å². The average Bonchev–Trinajstić information content (AvgIpc) is 2.63. The molecule has 0 amide bonds. The molecule has 1 aliphatic rings. The molecule has 0 atom stereocenters. The van der Waals surface area contributed by atoms with Gasteiger partial charge in [-0.1, -0.05) is 48.5 Å². The fourth-order valence-corrected chi connectivity index (χ4v) is 2.87. The van der Waals surface area contributed by atoms with Crippen LogP contribution in [0.1, 0.15) is 18.1 Å². The molecule has 0 unspecified atom stereocenters. The SMILES string of the molecule is CC1(C(=O)Cl)c2ccccc2-c2ccccc21. The average molecular weight is 243 g/mol. The maximum absolute atomic E-state index is 11.9. The minimum Gasteiger partial charge on any atom is -0.280 e. The van der Waals surface area contributed by atoms with Crippen LogP contribution in [0.25, 0.3) is 11.1 Å². The predicted octanol–water partition coefficient (Wildman–Crippen LogP) is 3.74. The summed E-state index contributed by atoms with van der Waals surface area (Å²) in [6, 6.07) is 15.9. The van der Waals surface area contributed by atoms with Crippen molar-refractivity contribution in [3.05, 3.63) is 59.7 Å². The van der Waals surface area contributed by atoms with Crippen molar-refractivity contribution in [3.8, 4) is 11.1 Å². The van der Waals surface area contributed by atoms with Crippen molar-refractivity contribution >= 4 is 16.8 Å². The number of halogens is 1. The second-order valence-corrected chi connectivity index (χ2v) is 4.83. The second-order valence-electron chi connectivity index (χ2n) is 4.49. The molecular formula is C15H11ClO. The lowest BCUT2D eigenvalue weighted by molar-refractivity contribution is -0.114. The Hall–Kier alpha value is -1.60. The van der Waals surface area contributed by atoms with E-state index in [-0.39, 0.29) is 5.24 Å². The van der Waals surface area contributed by atoms with Gasteiger partial charge in [-0.2, -0.15) is 0 Å². The molecule has 0 saturated carbocycles. The molecule has 2 aromatic carbocycles. The third-order valence-corrected chi connectivity index (χ3v) is 3.99. The van der Waals surface area contributed by atoms with E-state index in [0.29, 0.717) is 0 Å². The van der Waals surface area contributed by atoms with Crippen LogP contribution in [0.3, 0.4) is 0 Å². The molecule has 3 rings (SSSR count). The number of hydrogen-bond donors (Lipinski definition) is 0. The van der Waals surface area contributed by atoms with Gasteiger partial charge in [-0.3, -0.25) is 4.79 Å². The molecule has 0 radical (unpaired) electrons. The van der Waals surface area contributed by atoms with Gasteiger partial charge in [-0.15, -0.1) is 0 Å². The molecule has 1 nitrogen and oxygen atoms in total. The minimum absolute atomic E-state index is 0.324. The summed E-state index contributed by atoms with van der Waals surface area (Å²) in [6.07, 6.45) is 0. The Labute approximate surface area is 105 Å². The van der Waals surface area contributed by atoms with Crippen molar-refractivity contribution in [1.82, 2.24) is 0 Å². The molecule has 0 aromatic heterocycles. The van der Waals surface area contributed by atoms with Crippen LogP contribution in [0.2, 0.25) is 0 Å². The van der Waals surface area contributed by atoms with Gasteiger partial charge >= 0.3 is 0 Å². The van der Waals surface area contributed by atoms with Crippen molar-refractivity contribution in [2.45, 2.75) is 12.3 Å². The topological polar surface area (TPSA) is 17.1 Å². The summed E-state index contributed by atoms with van der Waals surface area (Å²) in [5, 5.41) is -0.324. The third kappa shape index (κ3) is 1.23. The minimum atomic E-state index is -0.714. The Kier molecular flexibility index (Phi) is 2.14. The smallest absolute Gasteiger partial charge is 0.236 e. The summed E-state index contributed by atoms with van der Waals surface area (Å²) in [7, 11) is 0. The number of rotatable bonds is 1. The normalized spacial score (nSPS) is 15.2. The third-order valence-electron chi connectivity index (χ3n) is 3.61. The van der Waals surface area contributed by atoms with Crippen molar-refractivity contribution in [2.24, 2.45) is 0 Å². The van der Waals surface area contributed by atoms with Gasteiger partial charge < -0.3 is 0 Å². The number of fused-ring (bicyclic) bond motifs is 3. The Bertz CT molecular complexity index is 570. The first-order valence-electron chi connectivity index (χ1n) is 5.55. The largest absolute Gasteiger partial charge is 0.280 e. The molecule has 0 spiro atoms. The van der Waals surface area contributed by atoms with E-state index in [1.54, 1.807) is 0 Å². The zero-order chi connectivity index (χ0) is 12.0. The Morgan fingerprint density at radius 3 is 1.76 bits per heavy atom. The predicted molar refractivity (Wildman–Crippen MR) is 69.2 cm³/mol. The highest BCUT2D eigenvalue weighted by Gasteiger charge is 2.43. The van der Waals surface area contributed by atoms with Gasteiger partial charge in [0.2, 0.25) is 5.24 Å². The van der Waals surface area contributed by atoms with Gasteiger partial charge in [0.05, 0.1) is 5.41 Å². The summed E-state index contributed by atoms with van der Waals surface area (Å²) in [4.78, 5) is 11.9. The molecule has 84 valence electrons. The summed E-state index contributed by atoms with van der Waals surface area (Å²) in [5.41, 5.74) is 3.51. The van der Waals surface area contributed by atoms with Crippen LogP contribution in [0.5, 0.6) is 0 Å². The van der Waals surface area contributed by atoms with Crippen molar-refractivity contribution in [1.29, 1.82) is 0 Å². The zero-order valence-corrected chi connectivity index (χ0v) is 10.2. The summed E-state index contributed by atoms with van der Waals surface area (Å²) in [6.45, 7) is 1.90. The van der Waals surface area contributed by atoms with Crippen LogP contribution in [0, 0.1) is 0 Å². The quantitative estimate of drug-likeness (QED) is 0.697. The van der Waals surface area contributed by atoms with Gasteiger partial charge in [0.1, 0.15) is 0 Å². The number of benzene rings is 2. The van der Waals surface area contributed by atoms with E-state index in [1.807, 2.05) is 55.5 Å². The fraction of sp³-hybridized carbons (Fsp3) is 0.133. The van der Waals surface area contributed by atoms with Gasteiger partial charge in [0.25, 0.3) is 0 Å². The molecule has 17 heavy (non-hydrogen) atoms. The lowest BCUT2D eigenvalue weighted by atomic mass is 9.81. The fourth-order valence-electron chi connectivity index (χ4n) is 2.66. The summed E-state index contributed by atoms with van der Waals surface area (Å²) < 4.78 is 0. The van der Waals surface area contributed by atoms with Gasteiger partial charge in [0.15, 0.2) is 0 Å². The molecule has 0 aliphatic heterocycles. The first-order chi connectivity index (χ1) is 8.15. The summed E-state index contributed by atoms with van der Waals surface area (Å²) in [5.74, 6) is 0. The monoisotopic (exact) mass is 242 g/mol. The maximum Gasteiger partial charge on any atom is 0.236 e. The molecular weight excluding hydrogens is 232 g/mol. The maximum atomic E-state index is 11.9. The van der Waals surface area contributed by atoms with E-state index in [9.17, 15) is 4.79 Å². The second kappa shape index (κ2) is 3.44. The van der Waals surface area contributed by atoms with Gasteiger partial charge in [-0.25, -0.2) is 0 Å². The highest BCUT2D eigenvalue weighted by molar-refractivity contribution is 6.66. The molecule has 0 fully saturated rings. The molecule has 2 heteroatoms. The van der Waals surface area contributed by atoms with E-state index < -0.39 is 5.41 Å². The molecule has 0 bridgehead atoms. The van der Waals surface area contributed by atoms with Crippen molar-refractivity contribution in [2.75, 3.05) is 0 Å². The highest BCUT2D eigenvalue weighted by Crippen LogP contribution is 2.49. The molecule has 0 N–H and O–H groups in total.